The molecule has 0 spiro atoms. The number of sulfonamides is 1. The van der Waals surface area contributed by atoms with Gasteiger partial charge in [0.25, 0.3) is 0 Å². The van der Waals surface area contributed by atoms with Crippen LogP contribution in [0.2, 0.25) is 0 Å². The van der Waals surface area contributed by atoms with Gasteiger partial charge in [0.05, 0.1) is 11.5 Å². The van der Waals surface area contributed by atoms with Crippen LogP contribution in [0.5, 0.6) is 0 Å². The third-order valence-electron chi connectivity index (χ3n) is 2.54. The second kappa shape index (κ2) is 6.03. The fourth-order valence-corrected chi connectivity index (χ4v) is 2.92. The number of anilines is 1. The molecule has 0 radical (unpaired) electrons. The Kier molecular flexibility index (Phi) is 4.90. The van der Waals surface area contributed by atoms with E-state index in [0.29, 0.717) is 11.3 Å². The molecule has 0 aliphatic rings. The summed E-state index contributed by atoms with van der Waals surface area (Å²) in [6, 6.07) is 4.52. The second-order valence-corrected chi connectivity index (χ2v) is 6.10. The first-order valence-corrected chi connectivity index (χ1v) is 7.21. The van der Waals surface area contributed by atoms with E-state index in [2.05, 4.69) is 0 Å². The summed E-state index contributed by atoms with van der Waals surface area (Å²) < 4.78 is 30.3. The number of rotatable bonds is 5. The topological polar surface area (TPSA) is 89.7 Å². The lowest BCUT2D eigenvalue weighted by atomic mass is 10.2. The van der Waals surface area contributed by atoms with Crippen molar-refractivity contribution in [2.24, 2.45) is 0 Å². The number of likely N-dealkylation sites (N-methyl/N-ethyl adjacent to an activating group) is 1. The molecule has 19 heavy (non-hydrogen) atoms. The Morgan fingerprint density at radius 2 is 2.05 bits per heavy atom. The molecule has 1 rings (SSSR count). The van der Waals surface area contributed by atoms with Gasteiger partial charge in [-0.25, -0.2) is 8.42 Å². The van der Waals surface area contributed by atoms with Crippen LogP contribution in [0.3, 0.4) is 0 Å². The molecule has 0 unspecified atom stereocenters. The van der Waals surface area contributed by atoms with Gasteiger partial charge in [-0.2, -0.15) is 4.31 Å². The number of esters is 1. The zero-order chi connectivity index (χ0) is 14.6. The van der Waals surface area contributed by atoms with Crippen LogP contribution >= 0.6 is 0 Å². The molecule has 0 amide bonds. The lowest BCUT2D eigenvalue weighted by Gasteiger charge is -2.17. The maximum Gasteiger partial charge on any atom is 0.321 e. The number of nitrogen functional groups attached to an aromatic ring is 1. The summed E-state index contributed by atoms with van der Waals surface area (Å²) in [7, 11) is -2.39. The van der Waals surface area contributed by atoms with Gasteiger partial charge in [-0.1, -0.05) is 0 Å². The molecule has 7 heteroatoms. The van der Waals surface area contributed by atoms with Crippen molar-refractivity contribution in [2.45, 2.75) is 18.7 Å². The van der Waals surface area contributed by atoms with Crippen molar-refractivity contribution in [3.05, 3.63) is 23.8 Å². The van der Waals surface area contributed by atoms with Gasteiger partial charge in [-0.15, -0.1) is 0 Å². The quantitative estimate of drug-likeness (QED) is 0.637. The van der Waals surface area contributed by atoms with E-state index in [1.54, 1.807) is 19.9 Å². The monoisotopic (exact) mass is 286 g/mol. The van der Waals surface area contributed by atoms with Crippen molar-refractivity contribution in [3.8, 4) is 0 Å². The van der Waals surface area contributed by atoms with Crippen molar-refractivity contribution in [1.82, 2.24) is 4.31 Å². The van der Waals surface area contributed by atoms with Crippen molar-refractivity contribution in [2.75, 3.05) is 25.9 Å². The SMILES string of the molecule is CCOC(=O)CN(C)S(=O)(=O)c1ccc(N)cc1C. The van der Waals surface area contributed by atoms with Gasteiger partial charge in [0.2, 0.25) is 10.0 Å². The summed E-state index contributed by atoms with van der Waals surface area (Å²) in [6.07, 6.45) is 0. The highest BCUT2D eigenvalue weighted by Crippen LogP contribution is 2.20. The summed E-state index contributed by atoms with van der Waals surface area (Å²) in [4.78, 5) is 11.5. The first-order chi connectivity index (χ1) is 8.78. The van der Waals surface area contributed by atoms with E-state index < -0.39 is 16.0 Å². The molecule has 2 N–H and O–H groups in total. The summed E-state index contributed by atoms with van der Waals surface area (Å²) in [5, 5.41) is 0. The van der Waals surface area contributed by atoms with Gasteiger partial charge in [0.1, 0.15) is 6.54 Å². The van der Waals surface area contributed by atoms with E-state index in [-0.39, 0.29) is 18.0 Å². The highest BCUT2D eigenvalue weighted by molar-refractivity contribution is 7.89. The Morgan fingerprint density at radius 3 is 2.58 bits per heavy atom. The maximum absolute atomic E-state index is 12.3. The van der Waals surface area contributed by atoms with Crippen LogP contribution in [0.1, 0.15) is 12.5 Å². The molecule has 106 valence electrons. The average Bonchev–Trinajstić information content (AvgIpc) is 2.28. The van der Waals surface area contributed by atoms with Crippen molar-refractivity contribution in [3.63, 3.8) is 0 Å². The number of hydrogen-bond donors (Lipinski definition) is 1. The Balaban J connectivity index is 3.00. The van der Waals surface area contributed by atoms with Gasteiger partial charge in [0, 0.05) is 12.7 Å². The Bertz CT molecular complexity index is 569. The Hall–Kier alpha value is -1.60. The van der Waals surface area contributed by atoms with E-state index in [1.165, 1.54) is 19.2 Å². The first kappa shape index (κ1) is 15.5. The van der Waals surface area contributed by atoms with Crippen LogP contribution in [-0.2, 0) is 19.6 Å². The molecule has 1 aromatic rings. The summed E-state index contributed by atoms with van der Waals surface area (Å²) in [5.74, 6) is -0.582. The minimum atomic E-state index is -3.72. The summed E-state index contributed by atoms with van der Waals surface area (Å²) >= 11 is 0. The molecule has 0 saturated heterocycles. The predicted octanol–water partition coefficient (Wildman–Crippen LogP) is 0.761. The lowest BCUT2D eigenvalue weighted by molar-refractivity contribution is -0.143. The summed E-state index contributed by atoms with van der Waals surface area (Å²) in [5.41, 5.74) is 6.61. The van der Waals surface area contributed by atoms with Gasteiger partial charge in [-0.3, -0.25) is 4.79 Å². The zero-order valence-corrected chi connectivity index (χ0v) is 12.0. The molecule has 0 aromatic heterocycles. The number of nitrogens with two attached hydrogens (primary N) is 1. The molecule has 0 aliphatic heterocycles. The molecular formula is C12H18N2O4S. The van der Waals surface area contributed by atoms with Crippen LogP contribution in [0.25, 0.3) is 0 Å². The number of benzene rings is 1. The predicted molar refractivity (Wildman–Crippen MR) is 72.0 cm³/mol. The third kappa shape index (κ3) is 3.68. The van der Waals surface area contributed by atoms with E-state index in [4.69, 9.17) is 10.5 Å². The van der Waals surface area contributed by atoms with Crippen LogP contribution in [-0.4, -0.2) is 38.9 Å². The molecule has 0 aliphatic carbocycles. The molecule has 0 saturated carbocycles. The fourth-order valence-electron chi connectivity index (χ4n) is 1.60. The molecule has 0 fully saturated rings. The Labute approximate surface area is 113 Å². The fraction of sp³-hybridized carbons (Fsp3) is 0.417. The number of nitrogens with zero attached hydrogens (tertiary/aromatic N) is 1. The zero-order valence-electron chi connectivity index (χ0n) is 11.2. The van der Waals surface area contributed by atoms with Crippen molar-refractivity contribution in [1.29, 1.82) is 0 Å². The van der Waals surface area contributed by atoms with Crippen LogP contribution in [0.15, 0.2) is 23.1 Å². The molecule has 1 aromatic carbocycles. The van der Waals surface area contributed by atoms with Crippen LogP contribution in [0.4, 0.5) is 5.69 Å². The number of aryl methyl sites for hydroxylation is 1. The summed E-state index contributed by atoms with van der Waals surface area (Å²) in [6.45, 7) is 3.21. The maximum atomic E-state index is 12.3. The largest absolute Gasteiger partial charge is 0.465 e. The van der Waals surface area contributed by atoms with E-state index in [9.17, 15) is 13.2 Å². The normalized spacial score (nSPS) is 11.6. The van der Waals surface area contributed by atoms with Crippen molar-refractivity contribution >= 4 is 21.7 Å². The molecule has 6 nitrogen and oxygen atoms in total. The van der Waals surface area contributed by atoms with Gasteiger partial charge in [-0.05, 0) is 37.6 Å². The lowest BCUT2D eigenvalue weighted by Crippen LogP contribution is -2.33. The van der Waals surface area contributed by atoms with E-state index in [0.717, 1.165) is 4.31 Å². The molecular weight excluding hydrogens is 268 g/mol. The smallest absolute Gasteiger partial charge is 0.321 e. The minimum absolute atomic E-state index is 0.133. The van der Waals surface area contributed by atoms with Gasteiger partial charge in [0.15, 0.2) is 0 Å². The highest BCUT2D eigenvalue weighted by Gasteiger charge is 2.24. The van der Waals surface area contributed by atoms with Crippen LogP contribution < -0.4 is 5.73 Å². The second-order valence-electron chi connectivity index (χ2n) is 4.09. The van der Waals surface area contributed by atoms with E-state index >= 15 is 0 Å². The number of carbonyl (C=O) groups excluding carboxylic acids is 1. The first-order valence-electron chi connectivity index (χ1n) is 5.77. The minimum Gasteiger partial charge on any atom is -0.465 e. The molecule has 0 atom stereocenters. The van der Waals surface area contributed by atoms with Crippen LogP contribution in [0, 0.1) is 6.92 Å². The third-order valence-corrected chi connectivity index (χ3v) is 4.51. The van der Waals surface area contributed by atoms with Gasteiger partial charge < -0.3 is 10.5 Å². The standard InChI is InChI=1S/C12H18N2O4S/c1-4-18-12(15)8-14(3)19(16,17)11-6-5-10(13)7-9(11)2/h5-7H,4,8,13H2,1-3H3. The van der Waals surface area contributed by atoms with Crippen molar-refractivity contribution < 1.29 is 17.9 Å². The molecule has 0 heterocycles. The van der Waals surface area contributed by atoms with E-state index in [1.807, 2.05) is 0 Å². The van der Waals surface area contributed by atoms with Gasteiger partial charge >= 0.3 is 5.97 Å². The Morgan fingerprint density at radius 1 is 1.42 bits per heavy atom. The number of hydrogen-bond acceptors (Lipinski definition) is 5. The molecule has 0 bridgehead atoms. The number of ether oxygens (including phenoxy) is 1. The number of carbonyl (C=O) groups is 1. The highest BCUT2D eigenvalue weighted by atomic mass is 32.2. The average molecular weight is 286 g/mol.